The molecule has 0 radical (unpaired) electrons. The largest absolute Gasteiger partial charge is 0.403 e. The zero-order valence-electron chi connectivity index (χ0n) is 14.2. The molecule has 1 saturated heterocycles. The van der Waals surface area contributed by atoms with E-state index in [4.69, 9.17) is 11.5 Å². The van der Waals surface area contributed by atoms with Gasteiger partial charge in [0.15, 0.2) is 11.5 Å². The minimum Gasteiger partial charge on any atom is -0.403 e. The van der Waals surface area contributed by atoms with Gasteiger partial charge in [0.2, 0.25) is 0 Å². The Morgan fingerprint density at radius 2 is 2.00 bits per heavy atom. The number of carbonyl (C=O) groups is 1. The van der Waals surface area contributed by atoms with Gasteiger partial charge in [-0.1, -0.05) is 30.3 Å². The fraction of sp³-hybridized carbons (Fsp3) is 0.222. The van der Waals surface area contributed by atoms with E-state index in [0.717, 1.165) is 18.7 Å². The molecule has 8 nitrogen and oxygen atoms in total. The Kier molecular flexibility index (Phi) is 5.55. The first-order valence-electron chi connectivity index (χ1n) is 8.27. The molecule has 0 aliphatic carbocycles. The molecule has 1 unspecified atom stereocenters. The highest BCUT2D eigenvalue weighted by Gasteiger charge is 2.27. The van der Waals surface area contributed by atoms with E-state index in [1.165, 1.54) is 18.6 Å². The fourth-order valence-electron chi connectivity index (χ4n) is 2.66. The van der Waals surface area contributed by atoms with Crippen molar-refractivity contribution in [2.75, 3.05) is 18.8 Å². The van der Waals surface area contributed by atoms with Crippen LogP contribution >= 0.6 is 0 Å². The highest BCUT2D eigenvalue weighted by molar-refractivity contribution is 6.00. The summed E-state index contributed by atoms with van der Waals surface area (Å²) in [7, 11) is 0. The standard InChI is InChI=1S/C18H21N7O/c19-8-14(25-18(26)16-17(20)23-7-6-22-16)11-24-15(13-9-21-10-13)12-4-2-1-3-5-12/h1-8,11,13,15,21H,9-10,19H2,(H2,20,23)(H,25,26)/b14-8+,24-11?. The molecule has 26 heavy (non-hydrogen) atoms. The van der Waals surface area contributed by atoms with Crippen molar-refractivity contribution >= 4 is 17.9 Å². The van der Waals surface area contributed by atoms with Gasteiger partial charge < -0.3 is 22.1 Å². The number of hydrogen-bond acceptors (Lipinski definition) is 7. The number of carbonyl (C=O) groups excluding carboxylic acids is 1. The third kappa shape index (κ3) is 4.04. The van der Waals surface area contributed by atoms with Crippen LogP contribution in [0.4, 0.5) is 5.82 Å². The number of benzene rings is 1. The molecule has 134 valence electrons. The minimum atomic E-state index is -0.486. The lowest BCUT2D eigenvalue weighted by Gasteiger charge is -2.32. The Morgan fingerprint density at radius 3 is 2.62 bits per heavy atom. The Bertz CT molecular complexity index is 815. The van der Waals surface area contributed by atoms with Gasteiger partial charge in [-0.15, -0.1) is 0 Å². The van der Waals surface area contributed by atoms with Gasteiger partial charge in [0.1, 0.15) is 0 Å². The fourth-order valence-corrected chi connectivity index (χ4v) is 2.66. The van der Waals surface area contributed by atoms with E-state index < -0.39 is 5.91 Å². The summed E-state index contributed by atoms with van der Waals surface area (Å²) in [4.78, 5) is 24.7. The normalized spacial score (nSPS) is 16.2. The third-order valence-corrected chi connectivity index (χ3v) is 4.15. The second kappa shape index (κ2) is 8.21. The number of allylic oxidation sites excluding steroid dienone is 1. The first-order valence-corrected chi connectivity index (χ1v) is 8.27. The summed E-state index contributed by atoms with van der Waals surface area (Å²) in [6, 6.07) is 10.0. The van der Waals surface area contributed by atoms with Gasteiger partial charge in [-0.2, -0.15) is 0 Å². The Labute approximate surface area is 151 Å². The Hall–Kier alpha value is -3.26. The molecule has 0 saturated carbocycles. The van der Waals surface area contributed by atoms with Crippen molar-refractivity contribution < 1.29 is 4.79 Å². The van der Waals surface area contributed by atoms with E-state index >= 15 is 0 Å². The van der Waals surface area contributed by atoms with Gasteiger partial charge in [-0.3, -0.25) is 9.79 Å². The molecular formula is C18H21N7O. The lowest BCUT2D eigenvalue weighted by molar-refractivity contribution is 0.0963. The average Bonchev–Trinajstić information content (AvgIpc) is 2.63. The molecule has 1 amide bonds. The van der Waals surface area contributed by atoms with Gasteiger partial charge in [0.25, 0.3) is 5.91 Å². The predicted octanol–water partition coefficient (Wildman–Crippen LogP) is 0.620. The molecule has 2 aromatic rings. The number of nitrogens with two attached hydrogens (primary N) is 2. The number of anilines is 1. The van der Waals surface area contributed by atoms with Gasteiger partial charge in [0.05, 0.1) is 11.7 Å². The van der Waals surface area contributed by atoms with Crippen LogP contribution in [0.1, 0.15) is 22.1 Å². The number of amides is 1. The SMILES string of the molecule is N/C=C(\C=NC(c1ccccc1)C1CNC1)NC(=O)c1nccnc1N. The summed E-state index contributed by atoms with van der Waals surface area (Å²) in [5, 5.41) is 5.92. The smallest absolute Gasteiger partial charge is 0.278 e. The summed E-state index contributed by atoms with van der Waals surface area (Å²) in [6.45, 7) is 1.81. The van der Waals surface area contributed by atoms with E-state index in [9.17, 15) is 4.79 Å². The summed E-state index contributed by atoms with van der Waals surface area (Å²) in [5.41, 5.74) is 12.8. The average molecular weight is 351 g/mol. The molecule has 2 heterocycles. The number of nitrogen functional groups attached to an aromatic ring is 1. The maximum Gasteiger partial charge on any atom is 0.278 e. The summed E-state index contributed by atoms with van der Waals surface area (Å²) in [5.74, 6) is -0.0275. The highest BCUT2D eigenvalue weighted by Crippen LogP contribution is 2.28. The predicted molar refractivity (Wildman–Crippen MR) is 100 cm³/mol. The molecule has 1 aliphatic heterocycles. The first-order chi connectivity index (χ1) is 12.7. The van der Waals surface area contributed by atoms with Crippen LogP contribution in [0.3, 0.4) is 0 Å². The van der Waals surface area contributed by atoms with Crippen LogP contribution in [0.25, 0.3) is 0 Å². The number of rotatable bonds is 6. The zero-order chi connectivity index (χ0) is 18.4. The molecule has 1 aliphatic rings. The van der Waals surface area contributed by atoms with Crippen LogP contribution in [-0.4, -0.2) is 35.2 Å². The van der Waals surface area contributed by atoms with Crippen molar-refractivity contribution in [1.82, 2.24) is 20.6 Å². The lowest BCUT2D eigenvalue weighted by atomic mass is 9.89. The molecule has 6 N–H and O–H groups in total. The van der Waals surface area contributed by atoms with E-state index in [0.29, 0.717) is 11.6 Å². The maximum absolute atomic E-state index is 12.3. The molecule has 8 heteroatoms. The van der Waals surface area contributed by atoms with Crippen molar-refractivity contribution in [3.05, 3.63) is 65.9 Å². The van der Waals surface area contributed by atoms with Crippen LogP contribution in [0.2, 0.25) is 0 Å². The quantitative estimate of drug-likeness (QED) is 0.564. The van der Waals surface area contributed by atoms with E-state index in [2.05, 4.69) is 25.6 Å². The molecule has 0 bridgehead atoms. The van der Waals surface area contributed by atoms with E-state index in [1.54, 1.807) is 6.21 Å². The molecule has 1 fully saturated rings. The summed E-state index contributed by atoms with van der Waals surface area (Å²) >= 11 is 0. The van der Waals surface area contributed by atoms with Crippen LogP contribution < -0.4 is 22.1 Å². The topological polar surface area (TPSA) is 131 Å². The Morgan fingerprint density at radius 1 is 1.27 bits per heavy atom. The van der Waals surface area contributed by atoms with Crippen molar-refractivity contribution in [2.45, 2.75) is 6.04 Å². The van der Waals surface area contributed by atoms with Crippen LogP contribution in [0.5, 0.6) is 0 Å². The monoisotopic (exact) mass is 351 g/mol. The zero-order valence-corrected chi connectivity index (χ0v) is 14.2. The third-order valence-electron chi connectivity index (χ3n) is 4.15. The van der Waals surface area contributed by atoms with Crippen molar-refractivity contribution in [2.24, 2.45) is 16.6 Å². The number of aromatic nitrogens is 2. The summed E-state index contributed by atoms with van der Waals surface area (Å²) in [6.07, 6.45) is 5.68. The summed E-state index contributed by atoms with van der Waals surface area (Å²) < 4.78 is 0. The lowest BCUT2D eigenvalue weighted by Crippen LogP contribution is -2.45. The molecule has 1 aromatic carbocycles. The molecule has 3 rings (SSSR count). The number of hydrogen-bond donors (Lipinski definition) is 4. The molecular weight excluding hydrogens is 330 g/mol. The minimum absolute atomic E-state index is 0.00844. The van der Waals surface area contributed by atoms with Gasteiger partial charge >= 0.3 is 0 Å². The molecule has 1 aromatic heterocycles. The van der Waals surface area contributed by atoms with Crippen LogP contribution in [0, 0.1) is 5.92 Å². The van der Waals surface area contributed by atoms with Crippen LogP contribution in [0.15, 0.2) is 59.6 Å². The highest BCUT2D eigenvalue weighted by atomic mass is 16.1. The van der Waals surface area contributed by atoms with Gasteiger partial charge in [-0.25, -0.2) is 9.97 Å². The van der Waals surface area contributed by atoms with E-state index in [-0.39, 0.29) is 17.6 Å². The number of nitrogens with zero attached hydrogens (tertiary/aromatic N) is 3. The molecule has 1 atom stereocenters. The second-order valence-electron chi connectivity index (χ2n) is 5.92. The van der Waals surface area contributed by atoms with Gasteiger partial charge in [0, 0.05) is 43.8 Å². The maximum atomic E-state index is 12.3. The van der Waals surface area contributed by atoms with Gasteiger partial charge in [-0.05, 0) is 5.56 Å². The van der Waals surface area contributed by atoms with Crippen molar-refractivity contribution in [1.29, 1.82) is 0 Å². The first kappa shape index (κ1) is 17.6. The second-order valence-corrected chi connectivity index (χ2v) is 5.92. The van der Waals surface area contributed by atoms with Crippen LogP contribution in [-0.2, 0) is 0 Å². The number of nitrogens with one attached hydrogen (secondary N) is 2. The Balaban J connectivity index is 1.73. The molecule has 0 spiro atoms. The van der Waals surface area contributed by atoms with Crippen molar-refractivity contribution in [3.63, 3.8) is 0 Å². The van der Waals surface area contributed by atoms with E-state index in [1.807, 2.05) is 30.3 Å². The number of aliphatic imine (C=N–C) groups is 1. The van der Waals surface area contributed by atoms with Crippen molar-refractivity contribution in [3.8, 4) is 0 Å².